The molecule has 2 rings (SSSR count). The molecule has 0 bridgehead atoms. The lowest BCUT2D eigenvalue weighted by Gasteiger charge is -2.32. The first-order valence-electron chi connectivity index (χ1n) is 7.71. The standard InChI is InChI=1S/C17H24ClNO3/c1-19(13-7-5-4-6-8-13)17(20)16(18)12-9-10-14(21-2)15(11-12)22-3/h9-11,13,16H,4-8H2,1-3H3. The molecule has 0 spiro atoms. The van der Waals surface area contributed by atoms with Crippen molar-refractivity contribution < 1.29 is 14.3 Å². The highest BCUT2D eigenvalue weighted by Crippen LogP contribution is 2.33. The van der Waals surface area contributed by atoms with E-state index < -0.39 is 5.38 Å². The van der Waals surface area contributed by atoms with Gasteiger partial charge in [-0.3, -0.25) is 4.79 Å². The number of hydrogen-bond donors (Lipinski definition) is 0. The van der Waals surface area contributed by atoms with E-state index in [-0.39, 0.29) is 5.91 Å². The summed E-state index contributed by atoms with van der Waals surface area (Å²) in [5.41, 5.74) is 0.729. The summed E-state index contributed by atoms with van der Waals surface area (Å²) >= 11 is 6.41. The second-order valence-corrected chi connectivity index (χ2v) is 6.15. The molecule has 22 heavy (non-hydrogen) atoms. The molecule has 0 radical (unpaired) electrons. The van der Waals surface area contributed by atoms with E-state index in [1.807, 2.05) is 18.0 Å². The van der Waals surface area contributed by atoms with Crippen LogP contribution in [0.2, 0.25) is 0 Å². The number of likely N-dealkylation sites (N-methyl/N-ethyl adjacent to an activating group) is 1. The van der Waals surface area contributed by atoms with E-state index in [0.717, 1.165) is 18.4 Å². The fourth-order valence-electron chi connectivity index (χ4n) is 2.98. The van der Waals surface area contributed by atoms with Crippen LogP contribution >= 0.6 is 11.6 Å². The Morgan fingerprint density at radius 1 is 1.18 bits per heavy atom. The Hall–Kier alpha value is -1.42. The van der Waals surface area contributed by atoms with Crippen molar-refractivity contribution in [3.63, 3.8) is 0 Å². The van der Waals surface area contributed by atoms with Crippen molar-refractivity contribution in [1.29, 1.82) is 0 Å². The molecule has 1 atom stereocenters. The van der Waals surface area contributed by atoms with Crippen molar-refractivity contribution in [1.82, 2.24) is 4.90 Å². The van der Waals surface area contributed by atoms with E-state index in [2.05, 4.69) is 0 Å². The topological polar surface area (TPSA) is 38.8 Å². The highest BCUT2D eigenvalue weighted by atomic mass is 35.5. The first kappa shape index (κ1) is 16.9. The van der Waals surface area contributed by atoms with Crippen LogP contribution in [-0.4, -0.2) is 38.1 Å². The number of methoxy groups -OCH3 is 2. The summed E-state index contributed by atoms with van der Waals surface area (Å²) < 4.78 is 10.5. The zero-order valence-corrected chi connectivity index (χ0v) is 14.2. The van der Waals surface area contributed by atoms with Gasteiger partial charge < -0.3 is 14.4 Å². The summed E-state index contributed by atoms with van der Waals surface area (Å²) in [6, 6.07) is 5.66. The van der Waals surface area contributed by atoms with Gasteiger partial charge >= 0.3 is 0 Å². The molecule has 4 nitrogen and oxygen atoms in total. The number of benzene rings is 1. The number of hydrogen-bond acceptors (Lipinski definition) is 3. The normalized spacial score (nSPS) is 16.9. The zero-order valence-electron chi connectivity index (χ0n) is 13.5. The minimum atomic E-state index is -0.702. The first-order chi connectivity index (χ1) is 10.6. The average molecular weight is 326 g/mol. The van der Waals surface area contributed by atoms with Crippen LogP contribution in [0.25, 0.3) is 0 Å². The number of rotatable bonds is 5. The third-order valence-corrected chi connectivity index (χ3v) is 4.83. The Kier molecular flexibility index (Phi) is 5.95. The summed E-state index contributed by atoms with van der Waals surface area (Å²) in [7, 11) is 5.01. The van der Waals surface area contributed by atoms with Crippen LogP contribution in [0.1, 0.15) is 43.0 Å². The van der Waals surface area contributed by atoms with Crippen molar-refractivity contribution in [2.45, 2.75) is 43.5 Å². The highest BCUT2D eigenvalue weighted by molar-refractivity contribution is 6.30. The number of carbonyl (C=O) groups is 1. The molecule has 1 aromatic rings. The van der Waals surface area contributed by atoms with Gasteiger partial charge in [0.2, 0.25) is 5.91 Å². The fourth-order valence-corrected chi connectivity index (χ4v) is 3.27. The van der Waals surface area contributed by atoms with Gasteiger partial charge in [-0.05, 0) is 30.5 Å². The van der Waals surface area contributed by atoms with Crippen LogP contribution in [0.3, 0.4) is 0 Å². The zero-order chi connectivity index (χ0) is 16.1. The molecule has 0 saturated heterocycles. The lowest BCUT2D eigenvalue weighted by Crippen LogP contribution is -2.39. The maximum Gasteiger partial charge on any atom is 0.245 e. The molecule has 1 aliphatic rings. The second-order valence-electron chi connectivity index (χ2n) is 5.72. The van der Waals surface area contributed by atoms with Crippen LogP contribution in [0, 0.1) is 0 Å². The largest absolute Gasteiger partial charge is 0.493 e. The van der Waals surface area contributed by atoms with E-state index in [1.54, 1.807) is 26.4 Å². The quantitative estimate of drug-likeness (QED) is 0.773. The molecule has 0 aliphatic heterocycles. The van der Waals surface area contributed by atoms with Gasteiger partial charge in [-0.2, -0.15) is 0 Å². The predicted molar refractivity (Wildman–Crippen MR) is 87.8 cm³/mol. The Balaban J connectivity index is 2.12. The van der Waals surface area contributed by atoms with Crippen molar-refractivity contribution in [3.8, 4) is 11.5 Å². The number of nitrogens with zero attached hydrogens (tertiary/aromatic N) is 1. The molecule has 0 aromatic heterocycles. The van der Waals surface area contributed by atoms with Gasteiger partial charge in [0, 0.05) is 13.1 Å². The van der Waals surface area contributed by atoms with Gasteiger partial charge in [-0.25, -0.2) is 0 Å². The van der Waals surface area contributed by atoms with E-state index in [0.29, 0.717) is 17.5 Å². The van der Waals surface area contributed by atoms with E-state index >= 15 is 0 Å². The van der Waals surface area contributed by atoms with E-state index in [4.69, 9.17) is 21.1 Å². The summed E-state index contributed by atoms with van der Waals surface area (Å²) in [4.78, 5) is 14.4. The molecule has 1 unspecified atom stereocenters. The Morgan fingerprint density at radius 2 is 1.82 bits per heavy atom. The van der Waals surface area contributed by atoms with Gasteiger partial charge in [-0.15, -0.1) is 11.6 Å². The Morgan fingerprint density at radius 3 is 2.41 bits per heavy atom. The average Bonchev–Trinajstić information content (AvgIpc) is 2.59. The van der Waals surface area contributed by atoms with Crippen molar-refractivity contribution >= 4 is 17.5 Å². The molecule has 1 fully saturated rings. The van der Waals surface area contributed by atoms with Gasteiger partial charge in [-0.1, -0.05) is 25.3 Å². The first-order valence-corrected chi connectivity index (χ1v) is 8.14. The van der Waals surface area contributed by atoms with Crippen LogP contribution in [0.15, 0.2) is 18.2 Å². The van der Waals surface area contributed by atoms with Crippen molar-refractivity contribution in [3.05, 3.63) is 23.8 Å². The van der Waals surface area contributed by atoms with Crippen LogP contribution in [-0.2, 0) is 4.79 Å². The van der Waals surface area contributed by atoms with Crippen molar-refractivity contribution in [2.24, 2.45) is 0 Å². The molecule has 122 valence electrons. The number of alkyl halides is 1. The smallest absolute Gasteiger partial charge is 0.245 e. The highest BCUT2D eigenvalue weighted by Gasteiger charge is 2.28. The van der Waals surface area contributed by atoms with Crippen LogP contribution < -0.4 is 9.47 Å². The summed E-state index contributed by atoms with van der Waals surface area (Å²) in [5, 5.41) is -0.702. The number of ether oxygens (including phenoxy) is 2. The molecule has 1 aliphatic carbocycles. The molecule has 0 N–H and O–H groups in total. The summed E-state index contributed by atoms with van der Waals surface area (Å²) in [6.07, 6.45) is 5.77. The van der Waals surface area contributed by atoms with E-state index in [9.17, 15) is 4.79 Å². The third-order valence-electron chi connectivity index (χ3n) is 4.39. The number of carbonyl (C=O) groups excluding carboxylic acids is 1. The van der Waals surface area contributed by atoms with Crippen LogP contribution in [0.5, 0.6) is 11.5 Å². The molecule has 1 amide bonds. The maximum atomic E-state index is 12.6. The van der Waals surface area contributed by atoms with Gasteiger partial charge in [0.1, 0.15) is 5.38 Å². The lowest BCUT2D eigenvalue weighted by molar-refractivity contribution is -0.132. The molecular weight excluding hydrogens is 302 g/mol. The molecule has 1 aromatic carbocycles. The number of amides is 1. The van der Waals surface area contributed by atoms with Gasteiger partial charge in [0.15, 0.2) is 11.5 Å². The maximum absolute atomic E-state index is 12.6. The lowest BCUT2D eigenvalue weighted by atomic mass is 9.94. The Bertz CT molecular complexity index is 515. The Labute approximate surface area is 137 Å². The second kappa shape index (κ2) is 7.73. The summed E-state index contributed by atoms with van der Waals surface area (Å²) in [6.45, 7) is 0. The SMILES string of the molecule is COc1ccc(C(Cl)C(=O)N(C)C2CCCCC2)cc1OC. The third kappa shape index (κ3) is 3.67. The van der Waals surface area contributed by atoms with Crippen LogP contribution in [0.4, 0.5) is 0 Å². The van der Waals surface area contributed by atoms with E-state index in [1.165, 1.54) is 19.3 Å². The van der Waals surface area contributed by atoms with Crippen molar-refractivity contribution in [2.75, 3.05) is 21.3 Å². The predicted octanol–water partition coefficient (Wildman–Crippen LogP) is 3.77. The van der Waals surface area contributed by atoms with Gasteiger partial charge in [0.25, 0.3) is 0 Å². The number of halogens is 1. The molecule has 1 saturated carbocycles. The summed E-state index contributed by atoms with van der Waals surface area (Å²) in [5.74, 6) is 1.16. The fraction of sp³-hybridized carbons (Fsp3) is 0.588. The minimum absolute atomic E-state index is 0.0548. The molecular formula is C17H24ClNO3. The molecule has 5 heteroatoms. The monoisotopic (exact) mass is 325 g/mol. The molecule has 0 heterocycles. The minimum Gasteiger partial charge on any atom is -0.493 e. The van der Waals surface area contributed by atoms with Gasteiger partial charge in [0.05, 0.1) is 14.2 Å².